The van der Waals surface area contributed by atoms with Gasteiger partial charge in [-0.15, -0.1) is 0 Å². The summed E-state index contributed by atoms with van der Waals surface area (Å²) in [6, 6.07) is -0.857. The molecule has 0 saturated heterocycles. The zero-order chi connectivity index (χ0) is 50.8. The largest absolute Gasteiger partial charge is 0.472 e. The second kappa shape index (κ2) is 49.8. The van der Waals surface area contributed by atoms with E-state index >= 15 is 0 Å². The molecule has 0 bridgehead atoms. The molecule has 3 atom stereocenters. The van der Waals surface area contributed by atoms with Crippen molar-refractivity contribution in [3.63, 3.8) is 0 Å². The number of carbonyl (C=O) groups is 2. The van der Waals surface area contributed by atoms with E-state index in [2.05, 4.69) is 50.4 Å². The lowest BCUT2D eigenvalue weighted by Gasteiger charge is -2.27. The number of likely N-dealkylation sites (N-methyl/N-ethyl adjacent to an activating group) is 1. The Morgan fingerprint density at radius 3 is 1.29 bits per heavy atom. The summed E-state index contributed by atoms with van der Waals surface area (Å²) in [4.78, 5) is 37.6. The summed E-state index contributed by atoms with van der Waals surface area (Å²) in [7, 11) is 1.49. The molecule has 0 radical (unpaired) electrons. The van der Waals surface area contributed by atoms with Crippen LogP contribution in [0.2, 0.25) is 0 Å². The topological polar surface area (TPSA) is 111 Å². The summed E-state index contributed by atoms with van der Waals surface area (Å²) >= 11 is 0. The van der Waals surface area contributed by atoms with Gasteiger partial charge in [0.15, 0.2) is 0 Å². The first kappa shape index (κ1) is 67.2. The van der Waals surface area contributed by atoms with Gasteiger partial charge in [0.25, 0.3) is 0 Å². The summed E-state index contributed by atoms with van der Waals surface area (Å²) < 4.78 is 30.6. The monoisotopic (exact) mass is 994 g/mol. The highest BCUT2D eigenvalue weighted by Crippen LogP contribution is 2.43. The van der Waals surface area contributed by atoms with Gasteiger partial charge in [-0.3, -0.25) is 18.6 Å². The van der Waals surface area contributed by atoms with Gasteiger partial charge in [0, 0.05) is 12.8 Å². The van der Waals surface area contributed by atoms with Gasteiger partial charge >= 0.3 is 13.8 Å². The van der Waals surface area contributed by atoms with Crippen LogP contribution in [0.25, 0.3) is 0 Å². The van der Waals surface area contributed by atoms with Crippen LogP contribution in [0.5, 0.6) is 0 Å². The van der Waals surface area contributed by atoms with Crippen molar-refractivity contribution in [2.24, 2.45) is 0 Å². The number of unbranched alkanes of at least 4 members (excludes halogenated alkanes) is 34. The number of hydrogen-bond acceptors (Lipinski definition) is 6. The molecule has 2 N–H and O–H groups in total. The van der Waals surface area contributed by atoms with E-state index in [0.29, 0.717) is 30.3 Å². The molecule has 0 aromatic heterocycles. The number of nitrogens with zero attached hydrogens (tertiary/aromatic N) is 1. The van der Waals surface area contributed by atoms with Gasteiger partial charge in [-0.25, -0.2) is 4.57 Å². The third-order valence-electron chi connectivity index (χ3n) is 13.1. The fourth-order valence-corrected chi connectivity index (χ4v) is 9.26. The lowest BCUT2D eigenvalue weighted by molar-refractivity contribution is -0.870. The van der Waals surface area contributed by atoms with Crippen molar-refractivity contribution in [3.05, 3.63) is 36.5 Å². The minimum Gasteiger partial charge on any atom is -0.456 e. The summed E-state index contributed by atoms with van der Waals surface area (Å²) in [5, 5.41) is 3.04. The molecule has 0 fully saturated rings. The predicted octanol–water partition coefficient (Wildman–Crippen LogP) is 17.6. The summed E-state index contributed by atoms with van der Waals surface area (Å²) in [5.74, 6) is -0.525. The SMILES string of the molecule is CCCCCCCCC/C=C/C=C/CCCCCC(=O)NC(COP(=O)(O)OCC[N+](C)(C)C)C(/C=C/CCCCCCCCCCCCC)OC(=O)CCCCCCCCCCCCCCCC. The van der Waals surface area contributed by atoms with Gasteiger partial charge in [0.1, 0.15) is 19.3 Å². The fourth-order valence-electron chi connectivity index (χ4n) is 8.52. The molecule has 69 heavy (non-hydrogen) atoms. The Morgan fingerprint density at radius 2 is 0.870 bits per heavy atom. The van der Waals surface area contributed by atoms with Crippen molar-refractivity contribution >= 4 is 19.7 Å². The average Bonchev–Trinajstić information content (AvgIpc) is 3.31. The van der Waals surface area contributed by atoms with Crippen molar-refractivity contribution < 1.29 is 37.3 Å². The van der Waals surface area contributed by atoms with Crippen LogP contribution in [0.4, 0.5) is 0 Å². The average molecular weight is 995 g/mol. The Kier molecular flexibility index (Phi) is 48.5. The molecule has 0 spiro atoms. The van der Waals surface area contributed by atoms with Crippen LogP contribution >= 0.6 is 7.82 Å². The summed E-state index contributed by atoms with van der Waals surface area (Å²) in [6.45, 7) is 7.01. The van der Waals surface area contributed by atoms with Gasteiger partial charge in [-0.05, 0) is 57.4 Å². The zero-order valence-corrected chi connectivity index (χ0v) is 47.2. The number of carbonyl (C=O) groups excluding carboxylic acids is 2. The van der Waals surface area contributed by atoms with E-state index in [1.165, 1.54) is 173 Å². The number of quaternary nitrogens is 1. The number of amides is 1. The lowest BCUT2D eigenvalue weighted by atomic mass is 10.0. The van der Waals surface area contributed by atoms with Gasteiger partial charge < -0.3 is 19.4 Å². The van der Waals surface area contributed by atoms with Gasteiger partial charge in [0.2, 0.25) is 5.91 Å². The van der Waals surface area contributed by atoms with Crippen LogP contribution in [0.1, 0.15) is 278 Å². The second-order valence-corrected chi connectivity index (χ2v) is 22.7. The van der Waals surface area contributed by atoms with E-state index in [4.69, 9.17) is 13.8 Å². The number of phosphoric acid groups is 1. The van der Waals surface area contributed by atoms with Crippen molar-refractivity contribution in [3.8, 4) is 0 Å². The van der Waals surface area contributed by atoms with E-state index in [1.807, 2.05) is 33.3 Å². The van der Waals surface area contributed by atoms with Crippen LogP contribution in [0.15, 0.2) is 36.5 Å². The van der Waals surface area contributed by atoms with E-state index < -0.39 is 20.0 Å². The molecule has 0 heterocycles. The first-order valence-corrected chi connectivity index (χ1v) is 30.8. The molecular formula is C59H114N2O7P+. The number of allylic oxidation sites excluding steroid dienone is 5. The molecule has 0 aliphatic rings. The van der Waals surface area contributed by atoms with E-state index in [9.17, 15) is 19.0 Å². The molecule has 10 heteroatoms. The second-order valence-electron chi connectivity index (χ2n) is 21.2. The molecular weight excluding hydrogens is 880 g/mol. The molecule has 0 aromatic rings. The molecule has 0 aliphatic carbocycles. The zero-order valence-electron chi connectivity index (χ0n) is 46.3. The van der Waals surface area contributed by atoms with E-state index in [-0.39, 0.29) is 25.1 Å². The van der Waals surface area contributed by atoms with Crippen molar-refractivity contribution in [1.82, 2.24) is 5.32 Å². The Hall–Kier alpha value is -1.77. The van der Waals surface area contributed by atoms with E-state index in [0.717, 1.165) is 64.2 Å². The molecule has 3 unspecified atom stereocenters. The third kappa shape index (κ3) is 51.0. The Balaban J connectivity index is 5.39. The van der Waals surface area contributed by atoms with Crippen LogP contribution in [-0.4, -0.2) is 74.3 Å². The number of rotatable bonds is 53. The number of esters is 1. The number of phosphoric ester groups is 1. The van der Waals surface area contributed by atoms with Crippen molar-refractivity contribution in [2.75, 3.05) is 40.9 Å². The smallest absolute Gasteiger partial charge is 0.456 e. The summed E-state index contributed by atoms with van der Waals surface area (Å²) in [6.07, 6.45) is 58.5. The van der Waals surface area contributed by atoms with Gasteiger partial charge in [0.05, 0.1) is 33.8 Å². The maximum atomic E-state index is 13.5. The molecule has 1 amide bonds. The van der Waals surface area contributed by atoms with Gasteiger partial charge in [-0.2, -0.15) is 0 Å². The molecule has 0 aliphatic heterocycles. The first-order valence-electron chi connectivity index (χ1n) is 29.3. The quantitative estimate of drug-likeness (QED) is 0.0156. The Bertz CT molecular complexity index is 1280. The highest BCUT2D eigenvalue weighted by Gasteiger charge is 2.30. The van der Waals surface area contributed by atoms with Crippen LogP contribution < -0.4 is 5.32 Å². The van der Waals surface area contributed by atoms with E-state index in [1.54, 1.807) is 0 Å². The standard InChI is InChI=1S/C59H113N2O7P/c1-7-10-13-16-19-22-25-28-30-31-33-36-39-42-45-48-51-58(62)60-56(55-67-69(64,65)66-54-53-61(4,5)6)57(50-47-44-41-38-35-32-27-24-21-18-15-12-9-3)68-59(63)52-49-46-43-40-37-34-29-26-23-20-17-14-11-8-2/h30-31,33,36,47,50,56-57H,7-29,32,34-35,37-46,48-49,51-55H2,1-6H3,(H-,60,62,64,65)/p+1/b31-30+,36-33+,50-47+. The highest BCUT2D eigenvalue weighted by molar-refractivity contribution is 7.47. The normalized spacial score (nSPS) is 14.0. The first-order chi connectivity index (χ1) is 33.4. The minimum absolute atomic E-state index is 0.0372. The molecule has 0 rings (SSSR count). The molecule has 406 valence electrons. The predicted molar refractivity (Wildman–Crippen MR) is 296 cm³/mol. The van der Waals surface area contributed by atoms with Crippen LogP contribution in [0, 0.1) is 0 Å². The summed E-state index contributed by atoms with van der Waals surface area (Å²) in [5.41, 5.74) is 0. The van der Waals surface area contributed by atoms with Crippen LogP contribution in [0.3, 0.4) is 0 Å². The van der Waals surface area contributed by atoms with Crippen LogP contribution in [-0.2, 0) is 27.9 Å². The maximum absolute atomic E-state index is 13.5. The fraction of sp³-hybridized carbons (Fsp3) is 0.864. The molecule has 0 saturated carbocycles. The molecule has 0 aromatic carbocycles. The van der Waals surface area contributed by atoms with Crippen molar-refractivity contribution in [1.29, 1.82) is 0 Å². The maximum Gasteiger partial charge on any atom is 0.472 e. The third-order valence-corrected chi connectivity index (χ3v) is 14.1. The van der Waals surface area contributed by atoms with Crippen molar-refractivity contribution in [2.45, 2.75) is 290 Å². The Morgan fingerprint density at radius 1 is 0.507 bits per heavy atom. The number of hydrogen-bond donors (Lipinski definition) is 2. The lowest BCUT2D eigenvalue weighted by Crippen LogP contribution is -2.47. The Labute approximate surface area is 427 Å². The van der Waals surface area contributed by atoms with Gasteiger partial charge in [-0.1, -0.05) is 244 Å². The highest BCUT2D eigenvalue weighted by atomic mass is 31.2. The number of ether oxygens (including phenoxy) is 1. The minimum atomic E-state index is -4.45. The molecule has 9 nitrogen and oxygen atoms in total. The number of nitrogens with one attached hydrogen (secondary N) is 1.